The molecule has 20 heavy (non-hydrogen) atoms. The van der Waals surface area contributed by atoms with Crippen LogP contribution < -0.4 is 0 Å². The van der Waals surface area contributed by atoms with E-state index in [1.54, 1.807) is 13.8 Å². The Morgan fingerprint density at radius 2 is 1.35 bits per heavy atom. The fourth-order valence-electron chi connectivity index (χ4n) is 1.90. The van der Waals surface area contributed by atoms with Crippen molar-refractivity contribution in [1.82, 2.24) is 0 Å². The number of ether oxygens (including phenoxy) is 2. The van der Waals surface area contributed by atoms with Gasteiger partial charge in [-0.15, -0.1) is 0 Å². The lowest BCUT2D eigenvalue weighted by Crippen LogP contribution is -2.30. The van der Waals surface area contributed by atoms with Crippen molar-refractivity contribution >= 4 is 11.9 Å². The molecule has 0 aromatic heterocycles. The number of hydrogen-bond acceptors (Lipinski definition) is 4. The van der Waals surface area contributed by atoms with Crippen LogP contribution in [0, 0.1) is 5.92 Å². The molecule has 0 saturated carbocycles. The number of hydrogen-bond donors (Lipinski definition) is 0. The van der Waals surface area contributed by atoms with E-state index in [2.05, 4.69) is 6.92 Å². The second-order valence-corrected chi connectivity index (χ2v) is 4.43. The van der Waals surface area contributed by atoms with Gasteiger partial charge in [0.05, 0.1) is 13.2 Å². The Balaban J connectivity index is 2.81. The molecule has 4 heteroatoms. The van der Waals surface area contributed by atoms with Crippen LogP contribution in [0.2, 0.25) is 0 Å². The molecule has 0 aliphatic carbocycles. The number of rotatable bonds is 7. The van der Waals surface area contributed by atoms with E-state index in [1.807, 2.05) is 24.3 Å². The van der Waals surface area contributed by atoms with Crippen LogP contribution in [0.15, 0.2) is 24.3 Å². The molecule has 0 radical (unpaired) electrons. The molecule has 0 unspecified atom stereocenters. The first-order valence-electron chi connectivity index (χ1n) is 7.03. The van der Waals surface area contributed by atoms with E-state index < -0.39 is 17.9 Å². The van der Waals surface area contributed by atoms with Crippen LogP contribution in [0.4, 0.5) is 0 Å². The van der Waals surface area contributed by atoms with Gasteiger partial charge < -0.3 is 9.47 Å². The maximum atomic E-state index is 11.9. The molecule has 0 atom stereocenters. The molecule has 0 heterocycles. The van der Waals surface area contributed by atoms with E-state index in [4.69, 9.17) is 9.47 Å². The smallest absolute Gasteiger partial charge is 0.320 e. The highest BCUT2D eigenvalue weighted by Crippen LogP contribution is 2.14. The second-order valence-electron chi connectivity index (χ2n) is 4.43. The van der Waals surface area contributed by atoms with Gasteiger partial charge in [-0.1, -0.05) is 31.2 Å². The van der Waals surface area contributed by atoms with Crippen molar-refractivity contribution in [2.75, 3.05) is 13.2 Å². The zero-order valence-electron chi connectivity index (χ0n) is 12.3. The Morgan fingerprint density at radius 1 is 0.900 bits per heavy atom. The van der Waals surface area contributed by atoms with Crippen molar-refractivity contribution in [2.24, 2.45) is 5.92 Å². The first-order valence-corrected chi connectivity index (χ1v) is 7.03. The van der Waals surface area contributed by atoms with Crippen LogP contribution in [-0.4, -0.2) is 25.2 Å². The molecule has 0 aliphatic rings. The minimum absolute atomic E-state index is 0.253. The van der Waals surface area contributed by atoms with Gasteiger partial charge in [-0.05, 0) is 37.8 Å². The first kappa shape index (κ1) is 16.2. The van der Waals surface area contributed by atoms with Gasteiger partial charge in [0.25, 0.3) is 0 Å². The Kier molecular flexibility index (Phi) is 6.77. The summed E-state index contributed by atoms with van der Waals surface area (Å²) in [5.74, 6) is -1.93. The molecule has 110 valence electrons. The normalized spacial score (nSPS) is 10.4. The monoisotopic (exact) mass is 278 g/mol. The molecule has 0 aliphatic heterocycles. The molecule has 0 fully saturated rings. The van der Waals surface area contributed by atoms with E-state index in [0.717, 1.165) is 12.0 Å². The summed E-state index contributed by atoms with van der Waals surface area (Å²) in [6.45, 7) is 6.02. The van der Waals surface area contributed by atoms with Crippen molar-refractivity contribution in [3.8, 4) is 0 Å². The number of esters is 2. The van der Waals surface area contributed by atoms with Gasteiger partial charge in [0.15, 0.2) is 5.92 Å². The lowest BCUT2D eigenvalue weighted by molar-refractivity contribution is -0.161. The van der Waals surface area contributed by atoms with Crippen LogP contribution in [0.25, 0.3) is 0 Å². The topological polar surface area (TPSA) is 52.6 Å². The summed E-state index contributed by atoms with van der Waals surface area (Å²) in [5, 5.41) is 0. The minimum Gasteiger partial charge on any atom is -0.465 e. The zero-order valence-corrected chi connectivity index (χ0v) is 12.3. The predicted molar refractivity (Wildman–Crippen MR) is 76.3 cm³/mol. The highest BCUT2D eigenvalue weighted by Gasteiger charge is 2.29. The van der Waals surface area contributed by atoms with Crippen molar-refractivity contribution < 1.29 is 19.1 Å². The number of aryl methyl sites for hydroxylation is 1. The molecular weight excluding hydrogens is 256 g/mol. The maximum absolute atomic E-state index is 11.9. The molecule has 1 aromatic rings. The summed E-state index contributed by atoms with van der Waals surface area (Å²) >= 11 is 0. The van der Waals surface area contributed by atoms with E-state index in [0.29, 0.717) is 6.42 Å². The molecule has 0 spiro atoms. The third-order valence-corrected chi connectivity index (χ3v) is 3.01. The van der Waals surface area contributed by atoms with Crippen molar-refractivity contribution in [3.05, 3.63) is 35.4 Å². The maximum Gasteiger partial charge on any atom is 0.320 e. The number of carbonyl (C=O) groups is 2. The summed E-state index contributed by atoms with van der Waals surface area (Å²) in [4.78, 5) is 23.7. The molecule has 1 aromatic carbocycles. The van der Waals surface area contributed by atoms with Gasteiger partial charge in [0.1, 0.15) is 0 Å². The summed E-state index contributed by atoms with van der Waals surface area (Å²) < 4.78 is 9.90. The van der Waals surface area contributed by atoms with Gasteiger partial charge in [-0.3, -0.25) is 9.59 Å². The summed E-state index contributed by atoms with van der Waals surface area (Å²) in [7, 11) is 0. The van der Waals surface area contributed by atoms with Crippen LogP contribution in [0.5, 0.6) is 0 Å². The third kappa shape index (κ3) is 4.68. The van der Waals surface area contributed by atoms with Crippen LogP contribution in [0.1, 0.15) is 31.9 Å². The number of carbonyl (C=O) groups excluding carboxylic acids is 2. The van der Waals surface area contributed by atoms with E-state index in [1.165, 1.54) is 5.56 Å². The van der Waals surface area contributed by atoms with Crippen molar-refractivity contribution in [3.63, 3.8) is 0 Å². The van der Waals surface area contributed by atoms with Gasteiger partial charge in [0.2, 0.25) is 0 Å². The molecule has 4 nitrogen and oxygen atoms in total. The Hall–Kier alpha value is -1.84. The van der Waals surface area contributed by atoms with Gasteiger partial charge in [-0.25, -0.2) is 0 Å². The average molecular weight is 278 g/mol. The highest BCUT2D eigenvalue weighted by molar-refractivity contribution is 5.95. The standard InChI is InChI=1S/C16H22O4/c1-4-12-7-9-13(10-8-12)11-14(15(17)19-5-2)16(18)20-6-3/h7-10,14H,4-6,11H2,1-3H3. The second kappa shape index (κ2) is 8.35. The zero-order chi connectivity index (χ0) is 15.0. The largest absolute Gasteiger partial charge is 0.465 e. The van der Waals surface area contributed by atoms with Crippen molar-refractivity contribution in [1.29, 1.82) is 0 Å². The Bertz CT molecular complexity index is 418. The van der Waals surface area contributed by atoms with Crippen LogP contribution >= 0.6 is 0 Å². The van der Waals surface area contributed by atoms with E-state index >= 15 is 0 Å². The minimum atomic E-state index is -0.887. The summed E-state index contributed by atoms with van der Waals surface area (Å²) in [6.07, 6.45) is 1.27. The van der Waals surface area contributed by atoms with E-state index in [-0.39, 0.29) is 13.2 Å². The summed E-state index contributed by atoms with van der Waals surface area (Å²) in [5.41, 5.74) is 2.14. The summed E-state index contributed by atoms with van der Waals surface area (Å²) in [6, 6.07) is 7.87. The average Bonchev–Trinajstić information content (AvgIpc) is 2.45. The van der Waals surface area contributed by atoms with Crippen molar-refractivity contribution in [2.45, 2.75) is 33.6 Å². The molecule has 0 amide bonds. The highest BCUT2D eigenvalue weighted by atomic mass is 16.6. The van der Waals surface area contributed by atoms with Crippen LogP contribution in [-0.2, 0) is 31.9 Å². The molecule has 1 rings (SSSR count). The first-order chi connectivity index (χ1) is 9.62. The fourth-order valence-corrected chi connectivity index (χ4v) is 1.90. The van der Waals surface area contributed by atoms with Crippen LogP contribution in [0.3, 0.4) is 0 Å². The van der Waals surface area contributed by atoms with E-state index in [9.17, 15) is 9.59 Å². The van der Waals surface area contributed by atoms with Gasteiger partial charge in [0, 0.05) is 0 Å². The Morgan fingerprint density at radius 3 is 1.75 bits per heavy atom. The lowest BCUT2D eigenvalue weighted by atomic mass is 9.98. The molecule has 0 saturated heterocycles. The number of benzene rings is 1. The van der Waals surface area contributed by atoms with Gasteiger partial charge >= 0.3 is 11.9 Å². The fraction of sp³-hybridized carbons (Fsp3) is 0.500. The molecule has 0 bridgehead atoms. The molecular formula is C16H22O4. The quantitative estimate of drug-likeness (QED) is 0.568. The predicted octanol–water partition coefficient (Wildman–Crippen LogP) is 2.53. The third-order valence-electron chi connectivity index (χ3n) is 3.01. The molecule has 0 N–H and O–H groups in total. The lowest BCUT2D eigenvalue weighted by Gasteiger charge is -2.14. The Labute approximate surface area is 120 Å². The van der Waals surface area contributed by atoms with Gasteiger partial charge in [-0.2, -0.15) is 0 Å². The SMILES string of the molecule is CCOC(=O)C(Cc1ccc(CC)cc1)C(=O)OCC.